The Morgan fingerprint density at radius 1 is 1.75 bits per heavy atom. The van der Waals surface area contributed by atoms with Crippen molar-refractivity contribution in [3.63, 3.8) is 0 Å². The molecule has 0 aromatic rings. The van der Waals surface area contributed by atoms with E-state index in [1.165, 1.54) is 0 Å². The van der Waals surface area contributed by atoms with Crippen LogP contribution in [0, 0.1) is 17.2 Å². The van der Waals surface area contributed by atoms with Crippen LogP contribution >= 0.6 is 0 Å². The van der Waals surface area contributed by atoms with Crippen LogP contribution in [0.3, 0.4) is 0 Å². The van der Waals surface area contributed by atoms with Crippen molar-refractivity contribution in [1.82, 2.24) is 0 Å². The molecular weight excluding hydrogens is 160 g/mol. The molecule has 0 aromatic heterocycles. The molecule has 0 fully saturated rings. The van der Waals surface area contributed by atoms with E-state index in [9.17, 15) is 4.79 Å². The van der Waals surface area contributed by atoms with E-state index < -0.39 is 11.9 Å². The van der Waals surface area contributed by atoms with E-state index in [2.05, 4.69) is 4.74 Å². The number of nitrogens with two attached hydrogens (primary N) is 1. The van der Waals surface area contributed by atoms with Crippen LogP contribution in [-0.2, 0) is 9.53 Å². The van der Waals surface area contributed by atoms with Crippen LogP contribution in [0.25, 0.3) is 0 Å². The van der Waals surface area contributed by atoms with Crippen molar-refractivity contribution in [2.45, 2.75) is 6.42 Å². The Kier molecular flexibility index (Phi) is 5.97. The first-order valence-electron chi connectivity index (χ1n) is 3.60. The van der Waals surface area contributed by atoms with Gasteiger partial charge in [-0.25, -0.2) is 0 Å². The van der Waals surface area contributed by atoms with Crippen LogP contribution in [0.2, 0.25) is 0 Å². The average Bonchev–Trinajstić information content (AvgIpc) is 2.10. The highest BCUT2D eigenvalue weighted by molar-refractivity contribution is 5.72. The third-order valence-corrected chi connectivity index (χ3v) is 1.37. The highest BCUT2D eigenvalue weighted by Crippen LogP contribution is 2.02. The predicted molar refractivity (Wildman–Crippen MR) is 40.8 cm³/mol. The molecule has 1 atom stereocenters. The molecule has 5 heteroatoms. The van der Waals surface area contributed by atoms with Crippen molar-refractivity contribution in [2.24, 2.45) is 11.7 Å². The number of aliphatic hydroxyl groups is 1. The van der Waals surface area contributed by atoms with Crippen LogP contribution in [-0.4, -0.2) is 30.8 Å². The molecule has 0 radical (unpaired) electrons. The van der Waals surface area contributed by atoms with Crippen LogP contribution < -0.4 is 5.73 Å². The summed E-state index contributed by atoms with van der Waals surface area (Å²) in [5, 5.41) is 16.6. The van der Waals surface area contributed by atoms with E-state index in [1.54, 1.807) is 6.07 Å². The van der Waals surface area contributed by atoms with Crippen molar-refractivity contribution in [3.05, 3.63) is 0 Å². The number of hydrogen-bond donors (Lipinski definition) is 2. The lowest BCUT2D eigenvalue weighted by Gasteiger charge is -2.10. The predicted octanol–water partition coefficient (Wildman–Crippen LogP) is -0.990. The van der Waals surface area contributed by atoms with Crippen LogP contribution in [0.4, 0.5) is 0 Å². The normalized spacial score (nSPS) is 11.8. The van der Waals surface area contributed by atoms with Gasteiger partial charge in [-0.15, -0.1) is 0 Å². The lowest BCUT2D eigenvalue weighted by molar-refractivity contribution is -0.147. The smallest absolute Gasteiger partial charge is 0.311 e. The fourth-order valence-corrected chi connectivity index (χ4v) is 0.709. The summed E-state index contributed by atoms with van der Waals surface area (Å²) in [4.78, 5) is 11.0. The first kappa shape index (κ1) is 10.9. The molecule has 0 aliphatic rings. The Bertz CT molecular complexity index is 176. The van der Waals surface area contributed by atoms with Crippen molar-refractivity contribution in [1.29, 1.82) is 5.26 Å². The number of rotatable bonds is 5. The number of aliphatic hydroxyl groups excluding tert-OH is 1. The van der Waals surface area contributed by atoms with Gasteiger partial charge in [-0.1, -0.05) is 0 Å². The monoisotopic (exact) mass is 172 g/mol. The number of carbonyl (C=O) groups excluding carboxylic acids is 1. The third-order valence-electron chi connectivity index (χ3n) is 1.37. The summed E-state index contributed by atoms with van der Waals surface area (Å²) in [7, 11) is 0. The van der Waals surface area contributed by atoms with Crippen LogP contribution in [0.5, 0.6) is 0 Å². The average molecular weight is 172 g/mol. The van der Waals surface area contributed by atoms with Gasteiger partial charge >= 0.3 is 5.97 Å². The first-order chi connectivity index (χ1) is 5.76. The number of ether oxygens (including phenoxy) is 1. The molecule has 0 rings (SSSR count). The quantitative estimate of drug-likeness (QED) is 0.519. The summed E-state index contributed by atoms with van der Waals surface area (Å²) in [5.74, 6) is -1.02. The number of carbonyl (C=O) groups is 1. The van der Waals surface area contributed by atoms with E-state index in [0.29, 0.717) is 0 Å². The maximum absolute atomic E-state index is 11.0. The lowest BCUT2D eigenvalue weighted by atomic mass is 10.1. The molecule has 0 aromatic carbocycles. The molecule has 0 bridgehead atoms. The SMILES string of the molecule is N#CCOC(=O)C(CN)CCO. The zero-order valence-electron chi connectivity index (χ0n) is 6.69. The second-order valence-electron chi connectivity index (χ2n) is 2.21. The van der Waals surface area contributed by atoms with E-state index in [-0.39, 0.29) is 26.2 Å². The van der Waals surface area contributed by atoms with Crippen molar-refractivity contribution in [2.75, 3.05) is 19.8 Å². The van der Waals surface area contributed by atoms with Gasteiger partial charge < -0.3 is 15.6 Å². The third kappa shape index (κ3) is 3.91. The molecule has 0 spiro atoms. The van der Waals surface area contributed by atoms with Gasteiger partial charge in [0.2, 0.25) is 0 Å². The summed E-state index contributed by atoms with van der Waals surface area (Å²) < 4.78 is 4.51. The Hall–Kier alpha value is -1.12. The molecular formula is C7H12N2O3. The summed E-state index contributed by atoms with van der Waals surface area (Å²) in [6.45, 7) is -0.241. The maximum Gasteiger partial charge on any atom is 0.311 e. The Morgan fingerprint density at radius 3 is 2.83 bits per heavy atom. The number of esters is 1. The standard InChI is InChI=1S/C7H12N2O3/c8-2-4-12-7(11)6(5-9)1-3-10/h6,10H,1,3-5,9H2. The van der Waals surface area contributed by atoms with Gasteiger partial charge in [-0.3, -0.25) is 4.79 Å². The van der Waals surface area contributed by atoms with Crippen molar-refractivity contribution in [3.8, 4) is 6.07 Å². The fourth-order valence-electron chi connectivity index (χ4n) is 0.709. The molecule has 12 heavy (non-hydrogen) atoms. The highest BCUT2D eigenvalue weighted by Gasteiger charge is 2.16. The van der Waals surface area contributed by atoms with Gasteiger partial charge in [0.05, 0.1) is 5.92 Å². The minimum absolute atomic E-state index is 0.108. The van der Waals surface area contributed by atoms with Gasteiger partial charge in [0.15, 0.2) is 6.61 Å². The second-order valence-corrected chi connectivity index (χ2v) is 2.21. The van der Waals surface area contributed by atoms with Crippen molar-refractivity contribution < 1.29 is 14.6 Å². The molecule has 0 saturated heterocycles. The molecule has 0 heterocycles. The van der Waals surface area contributed by atoms with E-state index >= 15 is 0 Å². The number of nitriles is 1. The Labute approximate surface area is 70.7 Å². The summed E-state index contributed by atoms with van der Waals surface area (Å²) >= 11 is 0. The highest BCUT2D eigenvalue weighted by atomic mass is 16.5. The number of nitrogens with zero attached hydrogens (tertiary/aromatic N) is 1. The summed E-state index contributed by atoms with van der Waals surface area (Å²) in [5.41, 5.74) is 5.24. The first-order valence-corrected chi connectivity index (χ1v) is 3.60. The molecule has 0 aliphatic heterocycles. The molecule has 5 nitrogen and oxygen atoms in total. The molecule has 1 unspecified atom stereocenters. The Morgan fingerprint density at radius 2 is 2.42 bits per heavy atom. The molecule has 68 valence electrons. The maximum atomic E-state index is 11.0. The van der Waals surface area contributed by atoms with Crippen molar-refractivity contribution >= 4 is 5.97 Å². The number of hydrogen-bond acceptors (Lipinski definition) is 5. The Balaban J connectivity index is 3.78. The van der Waals surface area contributed by atoms with E-state index in [0.717, 1.165) is 0 Å². The topological polar surface area (TPSA) is 96.3 Å². The van der Waals surface area contributed by atoms with Gasteiger partial charge in [0.25, 0.3) is 0 Å². The van der Waals surface area contributed by atoms with Gasteiger partial charge in [-0.05, 0) is 6.42 Å². The molecule has 0 amide bonds. The van der Waals surface area contributed by atoms with E-state index in [4.69, 9.17) is 16.1 Å². The lowest BCUT2D eigenvalue weighted by Crippen LogP contribution is -2.26. The second kappa shape index (κ2) is 6.58. The van der Waals surface area contributed by atoms with Crippen LogP contribution in [0.15, 0.2) is 0 Å². The minimum Gasteiger partial charge on any atom is -0.450 e. The van der Waals surface area contributed by atoms with Gasteiger partial charge in [0.1, 0.15) is 6.07 Å². The molecule has 0 saturated carbocycles. The van der Waals surface area contributed by atoms with E-state index in [1.807, 2.05) is 0 Å². The summed E-state index contributed by atoms with van der Waals surface area (Å²) in [6, 6.07) is 1.67. The molecule has 3 N–H and O–H groups in total. The van der Waals surface area contributed by atoms with Crippen LogP contribution in [0.1, 0.15) is 6.42 Å². The van der Waals surface area contributed by atoms with Gasteiger partial charge in [0, 0.05) is 13.2 Å². The fraction of sp³-hybridized carbons (Fsp3) is 0.714. The summed E-state index contributed by atoms with van der Waals surface area (Å²) in [6.07, 6.45) is 0.279. The van der Waals surface area contributed by atoms with Gasteiger partial charge in [-0.2, -0.15) is 5.26 Å². The molecule has 0 aliphatic carbocycles. The minimum atomic E-state index is -0.520. The zero-order valence-corrected chi connectivity index (χ0v) is 6.69. The largest absolute Gasteiger partial charge is 0.450 e. The zero-order chi connectivity index (χ0) is 9.40.